The van der Waals surface area contributed by atoms with Gasteiger partial charge in [-0.25, -0.2) is 0 Å². The highest BCUT2D eigenvalue weighted by molar-refractivity contribution is 7.71. The maximum atomic E-state index is 9.14. The number of rotatable bonds is 1. The lowest BCUT2D eigenvalue weighted by Crippen LogP contribution is -1.95. The van der Waals surface area contributed by atoms with Gasteiger partial charge in [-0.05, 0) is 42.5 Å². The number of nitrogens with one attached hydrogen (secondary N) is 1. The molecule has 0 saturated heterocycles. The summed E-state index contributed by atoms with van der Waals surface area (Å²) in [5, 5.41) is 10.2. The predicted octanol–water partition coefficient (Wildman–Crippen LogP) is 4.87. The van der Waals surface area contributed by atoms with Crippen LogP contribution < -0.4 is 0 Å². The highest BCUT2D eigenvalue weighted by Crippen LogP contribution is 2.28. The fraction of sp³-hybridized carbons (Fsp3) is 0. The fourth-order valence-corrected chi connectivity index (χ4v) is 2.92. The molecule has 3 aromatic rings. The van der Waals surface area contributed by atoms with E-state index in [1.165, 1.54) is 0 Å². The summed E-state index contributed by atoms with van der Waals surface area (Å²) in [5.41, 5.74) is 2.77. The average molecular weight is 320 g/mol. The molecule has 0 radical (unpaired) electrons. The van der Waals surface area contributed by atoms with Crippen LogP contribution in [-0.2, 0) is 0 Å². The number of halogens is 2. The van der Waals surface area contributed by atoms with Gasteiger partial charge in [0.15, 0.2) is 4.77 Å². The quantitative estimate of drug-likeness (QED) is 0.650. The summed E-state index contributed by atoms with van der Waals surface area (Å²) in [6.45, 7) is 0. The molecular weight excluding hydrogens is 313 g/mol. The van der Waals surface area contributed by atoms with E-state index in [1.54, 1.807) is 28.8 Å². The van der Waals surface area contributed by atoms with Crippen molar-refractivity contribution in [2.24, 2.45) is 0 Å². The largest absolute Gasteiger partial charge is 0.329 e. The summed E-state index contributed by atoms with van der Waals surface area (Å²) >= 11 is 17.5. The van der Waals surface area contributed by atoms with E-state index in [2.05, 4.69) is 11.1 Å². The number of benzene rings is 2. The smallest absolute Gasteiger partial charge is 0.182 e. The van der Waals surface area contributed by atoms with Crippen LogP contribution in [0.3, 0.4) is 0 Å². The first-order chi connectivity index (χ1) is 9.61. The van der Waals surface area contributed by atoms with Crippen molar-refractivity contribution in [2.75, 3.05) is 0 Å². The van der Waals surface area contributed by atoms with E-state index in [0.717, 1.165) is 11.2 Å². The van der Waals surface area contributed by atoms with E-state index in [1.807, 2.05) is 12.1 Å². The summed E-state index contributed by atoms with van der Waals surface area (Å²) in [4.78, 5) is 3.05. The normalized spacial score (nSPS) is 10.7. The Kier molecular flexibility index (Phi) is 3.27. The van der Waals surface area contributed by atoms with E-state index in [0.29, 0.717) is 25.9 Å². The molecule has 0 amide bonds. The first-order valence-corrected chi connectivity index (χ1v) is 6.87. The molecular formula is C14H7Cl2N3S. The molecule has 0 spiro atoms. The summed E-state index contributed by atoms with van der Waals surface area (Å²) in [6, 6.07) is 12.8. The van der Waals surface area contributed by atoms with Crippen LogP contribution in [0.15, 0.2) is 36.4 Å². The molecule has 3 rings (SSSR count). The van der Waals surface area contributed by atoms with Crippen LogP contribution in [0.2, 0.25) is 10.0 Å². The molecule has 1 heterocycles. The minimum absolute atomic E-state index is 0.479. The van der Waals surface area contributed by atoms with Crippen LogP contribution in [0.1, 0.15) is 5.56 Å². The Morgan fingerprint density at radius 3 is 2.70 bits per heavy atom. The second kappa shape index (κ2) is 4.95. The standard InChI is InChI=1S/C14H7Cl2N3S/c15-9-4-5-11(10(16)6-9)19-12-3-1-2-8(7-17)13(12)18-14(19)20/h1-6H,(H,18,20). The number of nitriles is 1. The third kappa shape index (κ3) is 2.01. The zero-order valence-electron chi connectivity index (χ0n) is 10.0. The van der Waals surface area contributed by atoms with Crippen molar-refractivity contribution in [1.29, 1.82) is 5.26 Å². The molecule has 0 fully saturated rings. The topological polar surface area (TPSA) is 44.5 Å². The van der Waals surface area contributed by atoms with Crippen LogP contribution in [0, 0.1) is 16.1 Å². The average Bonchev–Trinajstić information content (AvgIpc) is 2.75. The van der Waals surface area contributed by atoms with Crippen LogP contribution in [0.5, 0.6) is 0 Å². The number of nitrogens with zero attached hydrogens (tertiary/aromatic N) is 2. The number of para-hydroxylation sites is 1. The molecule has 20 heavy (non-hydrogen) atoms. The zero-order chi connectivity index (χ0) is 14.3. The molecule has 0 atom stereocenters. The van der Waals surface area contributed by atoms with Crippen molar-refractivity contribution in [3.05, 3.63) is 56.8 Å². The van der Waals surface area contributed by atoms with Crippen molar-refractivity contribution < 1.29 is 0 Å². The SMILES string of the molecule is N#Cc1cccc2c1[nH]c(=S)n2-c1ccc(Cl)cc1Cl. The van der Waals surface area contributed by atoms with E-state index >= 15 is 0 Å². The second-order valence-electron chi connectivity index (χ2n) is 4.17. The van der Waals surface area contributed by atoms with Gasteiger partial charge in [0.1, 0.15) is 6.07 Å². The molecule has 3 nitrogen and oxygen atoms in total. The lowest BCUT2D eigenvalue weighted by atomic mass is 10.2. The minimum atomic E-state index is 0.479. The Bertz CT molecular complexity index is 918. The van der Waals surface area contributed by atoms with Crippen LogP contribution in [0.4, 0.5) is 0 Å². The molecule has 0 bridgehead atoms. The maximum absolute atomic E-state index is 9.14. The van der Waals surface area contributed by atoms with Crippen molar-refractivity contribution in [3.8, 4) is 11.8 Å². The van der Waals surface area contributed by atoms with Gasteiger partial charge in [-0.2, -0.15) is 5.26 Å². The van der Waals surface area contributed by atoms with Gasteiger partial charge in [0.05, 0.1) is 27.3 Å². The molecule has 2 aromatic carbocycles. The van der Waals surface area contributed by atoms with Crippen molar-refractivity contribution in [3.63, 3.8) is 0 Å². The van der Waals surface area contributed by atoms with Crippen LogP contribution in [-0.4, -0.2) is 9.55 Å². The predicted molar refractivity (Wildman–Crippen MR) is 83.2 cm³/mol. The number of H-pyrrole nitrogens is 1. The van der Waals surface area contributed by atoms with Gasteiger partial charge in [-0.1, -0.05) is 29.3 Å². The number of fused-ring (bicyclic) bond motifs is 1. The molecule has 0 aliphatic heterocycles. The summed E-state index contributed by atoms with van der Waals surface area (Å²) < 4.78 is 2.27. The zero-order valence-corrected chi connectivity index (χ0v) is 12.4. The molecule has 1 N–H and O–H groups in total. The van der Waals surface area contributed by atoms with Gasteiger partial charge in [0, 0.05) is 5.02 Å². The molecule has 0 aliphatic rings. The van der Waals surface area contributed by atoms with E-state index in [-0.39, 0.29) is 0 Å². The first-order valence-electron chi connectivity index (χ1n) is 5.71. The molecule has 1 aromatic heterocycles. The Balaban J connectivity index is 2.41. The van der Waals surface area contributed by atoms with Crippen molar-refractivity contribution >= 4 is 46.5 Å². The van der Waals surface area contributed by atoms with Gasteiger partial charge in [-0.3, -0.25) is 4.57 Å². The van der Waals surface area contributed by atoms with Gasteiger partial charge in [-0.15, -0.1) is 0 Å². The first kappa shape index (κ1) is 13.2. The van der Waals surface area contributed by atoms with E-state index in [4.69, 9.17) is 40.7 Å². The summed E-state index contributed by atoms with van der Waals surface area (Å²) in [5.74, 6) is 0. The van der Waals surface area contributed by atoms with Gasteiger partial charge in [0.2, 0.25) is 0 Å². The molecule has 0 aliphatic carbocycles. The number of hydrogen-bond donors (Lipinski definition) is 1. The van der Waals surface area contributed by atoms with Gasteiger partial charge < -0.3 is 4.98 Å². The van der Waals surface area contributed by atoms with Gasteiger partial charge >= 0.3 is 0 Å². The third-order valence-electron chi connectivity index (χ3n) is 2.99. The monoisotopic (exact) mass is 319 g/mol. The Morgan fingerprint density at radius 1 is 1.20 bits per heavy atom. The van der Waals surface area contributed by atoms with Crippen molar-refractivity contribution in [1.82, 2.24) is 9.55 Å². The van der Waals surface area contributed by atoms with Gasteiger partial charge in [0.25, 0.3) is 0 Å². The minimum Gasteiger partial charge on any atom is -0.329 e. The third-order valence-corrected chi connectivity index (χ3v) is 3.81. The number of aromatic nitrogens is 2. The lowest BCUT2D eigenvalue weighted by molar-refractivity contribution is 1.07. The molecule has 0 unspecified atom stereocenters. The van der Waals surface area contributed by atoms with E-state index in [9.17, 15) is 0 Å². The highest BCUT2D eigenvalue weighted by atomic mass is 35.5. The van der Waals surface area contributed by atoms with Crippen molar-refractivity contribution in [2.45, 2.75) is 0 Å². The number of hydrogen-bond acceptors (Lipinski definition) is 2. The highest BCUT2D eigenvalue weighted by Gasteiger charge is 2.12. The molecule has 98 valence electrons. The Morgan fingerprint density at radius 2 is 2.00 bits per heavy atom. The molecule has 6 heteroatoms. The number of imidazole rings is 1. The number of aromatic amines is 1. The molecule has 0 saturated carbocycles. The van der Waals surface area contributed by atoms with Crippen LogP contribution in [0.25, 0.3) is 16.7 Å². The summed E-state index contributed by atoms with van der Waals surface area (Å²) in [6.07, 6.45) is 0. The summed E-state index contributed by atoms with van der Waals surface area (Å²) in [7, 11) is 0. The maximum Gasteiger partial charge on any atom is 0.182 e. The Hall–Kier alpha value is -1.80. The Labute approximate surface area is 130 Å². The fourth-order valence-electron chi connectivity index (χ4n) is 2.13. The van der Waals surface area contributed by atoms with E-state index < -0.39 is 0 Å². The second-order valence-corrected chi connectivity index (χ2v) is 5.40. The van der Waals surface area contributed by atoms with Crippen LogP contribution >= 0.6 is 35.4 Å². The lowest BCUT2D eigenvalue weighted by Gasteiger charge is -2.07.